The standard InChI is InChI=1S/C19H22N4O2S3/c1-13(17(24)21-12-14-6-3-4-8-16(14)25-2)27-19-23-22-18(28-19)20-10-9-15-7-5-11-26-15/h3-8,11,13H,9-10,12H2,1-2H3,(H,20,22)(H,21,24). The summed E-state index contributed by atoms with van der Waals surface area (Å²) in [5.74, 6) is 0.726. The highest BCUT2D eigenvalue weighted by molar-refractivity contribution is 8.02. The van der Waals surface area contributed by atoms with Gasteiger partial charge in [-0.15, -0.1) is 21.5 Å². The van der Waals surface area contributed by atoms with Crippen LogP contribution in [0.15, 0.2) is 46.1 Å². The molecule has 0 radical (unpaired) electrons. The van der Waals surface area contributed by atoms with Crippen LogP contribution in [0.25, 0.3) is 0 Å². The number of thioether (sulfide) groups is 1. The van der Waals surface area contributed by atoms with Crippen LogP contribution in [-0.2, 0) is 17.8 Å². The maximum atomic E-state index is 12.4. The predicted molar refractivity (Wildman–Crippen MR) is 117 cm³/mol. The van der Waals surface area contributed by atoms with Crippen LogP contribution >= 0.6 is 34.4 Å². The molecule has 2 aromatic heterocycles. The van der Waals surface area contributed by atoms with Gasteiger partial charge in [-0.1, -0.05) is 47.4 Å². The van der Waals surface area contributed by atoms with E-state index in [1.54, 1.807) is 18.4 Å². The minimum atomic E-state index is -0.262. The molecule has 9 heteroatoms. The number of carbonyl (C=O) groups excluding carboxylic acids is 1. The fraction of sp³-hybridized carbons (Fsp3) is 0.316. The number of nitrogens with zero attached hydrogens (tertiary/aromatic N) is 2. The largest absolute Gasteiger partial charge is 0.496 e. The van der Waals surface area contributed by atoms with Gasteiger partial charge in [0.1, 0.15) is 5.75 Å². The average Bonchev–Trinajstić information content (AvgIpc) is 3.38. The van der Waals surface area contributed by atoms with E-state index in [1.807, 2.05) is 31.2 Å². The Hall–Kier alpha value is -2.10. The number of methoxy groups -OCH3 is 1. The van der Waals surface area contributed by atoms with Gasteiger partial charge in [0, 0.05) is 23.5 Å². The number of thiophene rings is 1. The van der Waals surface area contributed by atoms with Crippen molar-refractivity contribution in [1.29, 1.82) is 0 Å². The lowest BCUT2D eigenvalue weighted by Crippen LogP contribution is -2.30. The van der Waals surface area contributed by atoms with E-state index >= 15 is 0 Å². The first-order chi connectivity index (χ1) is 13.7. The number of anilines is 1. The molecule has 2 N–H and O–H groups in total. The highest BCUT2D eigenvalue weighted by Gasteiger charge is 2.17. The van der Waals surface area contributed by atoms with Gasteiger partial charge in [0.25, 0.3) is 0 Å². The lowest BCUT2D eigenvalue weighted by molar-refractivity contribution is -0.120. The Morgan fingerprint density at radius 3 is 2.89 bits per heavy atom. The highest BCUT2D eigenvalue weighted by atomic mass is 32.2. The zero-order valence-corrected chi connectivity index (χ0v) is 18.1. The molecule has 148 valence electrons. The first kappa shape index (κ1) is 20.6. The molecular weight excluding hydrogens is 412 g/mol. The van der Waals surface area contributed by atoms with Gasteiger partial charge in [0.2, 0.25) is 11.0 Å². The van der Waals surface area contributed by atoms with Crippen molar-refractivity contribution in [2.24, 2.45) is 0 Å². The molecule has 2 heterocycles. The molecule has 6 nitrogen and oxygen atoms in total. The van der Waals surface area contributed by atoms with Crippen molar-refractivity contribution in [1.82, 2.24) is 15.5 Å². The Morgan fingerprint density at radius 2 is 2.11 bits per heavy atom. The molecular formula is C19H22N4O2S3. The molecule has 1 aromatic carbocycles. The summed E-state index contributed by atoms with van der Waals surface area (Å²) in [6.45, 7) is 3.11. The summed E-state index contributed by atoms with van der Waals surface area (Å²) in [6.07, 6.45) is 0.960. The molecule has 1 atom stereocenters. The number of aromatic nitrogens is 2. The summed E-state index contributed by atoms with van der Waals surface area (Å²) in [6, 6.07) is 11.8. The Bertz CT molecular complexity index is 883. The second-order valence-electron chi connectivity index (χ2n) is 5.92. The topological polar surface area (TPSA) is 76.1 Å². The van der Waals surface area contributed by atoms with E-state index in [4.69, 9.17) is 4.74 Å². The molecule has 0 bridgehead atoms. The summed E-state index contributed by atoms with van der Waals surface area (Å²) in [5, 5.41) is 17.2. The fourth-order valence-electron chi connectivity index (χ4n) is 2.46. The van der Waals surface area contributed by atoms with E-state index in [2.05, 4.69) is 38.3 Å². The van der Waals surface area contributed by atoms with Gasteiger partial charge in [-0.05, 0) is 30.9 Å². The number of benzene rings is 1. The van der Waals surface area contributed by atoms with Crippen LogP contribution in [-0.4, -0.2) is 35.0 Å². The Kier molecular flexibility index (Phi) is 7.70. The molecule has 0 saturated carbocycles. The number of hydrogen-bond donors (Lipinski definition) is 2. The normalized spacial score (nSPS) is 11.8. The third-order valence-electron chi connectivity index (χ3n) is 3.93. The number of nitrogens with one attached hydrogen (secondary N) is 2. The van der Waals surface area contributed by atoms with E-state index in [-0.39, 0.29) is 11.2 Å². The molecule has 3 rings (SSSR count). The van der Waals surface area contributed by atoms with E-state index < -0.39 is 0 Å². The predicted octanol–water partition coefficient (Wildman–Crippen LogP) is 4.06. The first-order valence-electron chi connectivity index (χ1n) is 8.81. The molecule has 3 aromatic rings. The molecule has 0 aliphatic carbocycles. The summed E-state index contributed by atoms with van der Waals surface area (Å²) in [5.41, 5.74) is 0.948. The Balaban J connectivity index is 1.44. The monoisotopic (exact) mass is 434 g/mol. The smallest absolute Gasteiger partial charge is 0.233 e. The summed E-state index contributed by atoms with van der Waals surface area (Å²) < 4.78 is 6.09. The van der Waals surface area contributed by atoms with Crippen LogP contribution in [0, 0.1) is 0 Å². The molecule has 1 unspecified atom stereocenters. The molecule has 0 aliphatic rings. The van der Waals surface area contributed by atoms with Crippen molar-refractivity contribution in [2.45, 2.75) is 29.5 Å². The number of ether oxygens (including phenoxy) is 1. The number of carbonyl (C=O) groups is 1. The van der Waals surface area contributed by atoms with Crippen LogP contribution in [0.3, 0.4) is 0 Å². The van der Waals surface area contributed by atoms with Crippen LogP contribution in [0.1, 0.15) is 17.4 Å². The van der Waals surface area contributed by atoms with Gasteiger partial charge in [0.15, 0.2) is 4.34 Å². The molecule has 0 saturated heterocycles. The summed E-state index contributed by atoms with van der Waals surface area (Å²) >= 11 is 4.63. The number of para-hydroxylation sites is 1. The molecule has 0 spiro atoms. The van der Waals surface area contributed by atoms with E-state index in [0.29, 0.717) is 6.54 Å². The van der Waals surface area contributed by atoms with Gasteiger partial charge in [-0.3, -0.25) is 4.79 Å². The Labute approximate surface area is 176 Å². The van der Waals surface area contributed by atoms with Crippen molar-refractivity contribution in [3.8, 4) is 5.75 Å². The summed E-state index contributed by atoms with van der Waals surface area (Å²) in [4.78, 5) is 13.7. The van der Waals surface area contributed by atoms with Gasteiger partial charge in [-0.25, -0.2) is 0 Å². The number of amides is 1. The van der Waals surface area contributed by atoms with Crippen LogP contribution in [0.2, 0.25) is 0 Å². The third kappa shape index (κ3) is 5.95. The van der Waals surface area contributed by atoms with E-state index in [9.17, 15) is 4.79 Å². The van der Waals surface area contributed by atoms with Crippen molar-refractivity contribution in [3.05, 3.63) is 52.2 Å². The molecule has 1 amide bonds. The van der Waals surface area contributed by atoms with Crippen LogP contribution in [0.4, 0.5) is 5.13 Å². The second-order valence-corrected chi connectivity index (χ2v) is 9.52. The highest BCUT2D eigenvalue weighted by Crippen LogP contribution is 2.29. The average molecular weight is 435 g/mol. The quantitative estimate of drug-likeness (QED) is 0.469. The third-order valence-corrected chi connectivity index (χ3v) is 6.93. The van der Waals surface area contributed by atoms with Crippen LogP contribution in [0.5, 0.6) is 5.75 Å². The van der Waals surface area contributed by atoms with Crippen LogP contribution < -0.4 is 15.4 Å². The van der Waals surface area contributed by atoms with E-state index in [0.717, 1.165) is 33.7 Å². The maximum Gasteiger partial charge on any atom is 0.233 e. The van der Waals surface area contributed by atoms with Crippen molar-refractivity contribution in [2.75, 3.05) is 19.0 Å². The zero-order chi connectivity index (χ0) is 19.8. The number of hydrogen-bond acceptors (Lipinski definition) is 8. The fourth-order valence-corrected chi connectivity index (χ4v) is 5.11. The minimum absolute atomic E-state index is 0.0432. The summed E-state index contributed by atoms with van der Waals surface area (Å²) in [7, 11) is 1.63. The van der Waals surface area contributed by atoms with Crippen molar-refractivity contribution < 1.29 is 9.53 Å². The van der Waals surface area contributed by atoms with Crippen molar-refractivity contribution in [3.63, 3.8) is 0 Å². The van der Waals surface area contributed by atoms with Gasteiger partial charge >= 0.3 is 0 Å². The SMILES string of the molecule is COc1ccccc1CNC(=O)C(C)Sc1nnc(NCCc2cccs2)s1. The van der Waals surface area contributed by atoms with Crippen molar-refractivity contribution >= 4 is 45.5 Å². The maximum absolute atomic E-state index is 12.4. The number of rotatable bonds is 10. The lowest BCUT2D eigenvalue weighted by atomic mass is 10.2. The van der Waals surface area contributed by atoms with Gasteiger partial charge in [0.05, 0.1) is 12.4 Å². The molecule has 0 aliphatic heterocycles. The van der Waals surface area contributed by atoms with Gasteiger partial charge in [-0.2, -0.15) is 0 Å². The minimum Gasteiger partial charge on any atom is -0.496 e. The first-order valence-corrected chi connectivity index (χ1v) is 11.4. The van der Waals surface area contributed by atoms with E-state index in [1.165, 1.54) is 28.0 Å². The molecule has 28 heavy (non-hydrogen) atoms. The Morgan fingerprint density at radius 1 is 1.25 bits per heavy atom. The molecule has 0 fully saturated rings. The van der Waals surface area contributed by atoms with Gasteiger partial charge < -0.3 is 15.4 Å². The zero-order valence-electron chi connectivity index (χ0n) is 15.7. The lowest BCUT2D eigenvalue weighted by Gasteiger charge is -2.12. The second kappa shape index (κ2) is 10.4.